The molecule has 0 aliphatic carbocycles. The van der Waals surface area contributed by atoms with Gasteiger partial charge in [-0.3, -0.25) is 0 Å². The Kier molecular flexibility index (Phi) is 3.09. The van der Waals surface area contributed by atoms with Crippen LogP contribution in [0.15, 0.2) is 34.9 Å². The molecule has 2 rings (SSSR count). The molecule has 1 aromatic heterocycles. The Morgan fingerprint density at radius 1 is 1.27 bits per heavy atom. The lowest BCUT2D eigenvalue weighted by Crippen LogP contribution is -1.83. The maximum absolute atomic E-state index is 5.44. The maximum Gasteiger partial charge on any atom is 0.226 e. The second kappa shape index (κ2) is 4.35. The molecule has 0 aliphatic heterocycles. The first-order valence-corrected chi connectivity index (χ1v) is 6.08. The number of rotatable bonds is 2. The Balaban J connectivity index is 2.33. The van der Waals surface area contributed by atoms with Gasteiger partial charge in [0.15, 0.2) is 0 Å². The lowest BCUT2D eigenvalue weighted by atomic mass is 10.1. The molecule has 0 saturated heterocycles. The molecule has 0 amide bonds. The van der Waals surface area contributed by atoms with E-state index in [1.807, 2.05) is 12.1 Å². The van der Waals surface area contributed by atoms with Gasteiger partial charge in [-0.2, -0.15) is 0 Å². The molecule has 1 heterocycles. The summed E-state index contributed by atoms with van der Waals surface area (Å²) in [6.07, 6.45) is 1.73. The van der Waals surface area contributed by atoms with Crippen LogP contribution in [0.25, 0.3) is 11.5 Å². The number of hydrogen-bond donors (Lipinski definition) is 0. The molecule has 0 aliphatic rings. The van der Waals surface area contributed by atoms with Crippen molar-refractivity contribution in [3.63, 3.8) is 0 Å². The van der Waals surface area contributed by atoms with E-state index in [0.29, 0.717) is 9.82 Å². The van der Waals surface area contributed by atoms with E-state index >= 15 is 0 Å². The average molecular weight is 313 g/mol. The minimum Gasteiger partial charge on any atom is -0.444 e. The SMILES string of the molecule is Cc1ccc(-c2nc(C(C)I)co2)cc1. The highest BCUT2D eigenvalue weighted by Crippen LogP contribution is 2.25. The van der Waals surface area contributed by atoms with Gasteiger partial charge in [0, 0.05) is 5.56 Å². The van der Waals surface area contributed by atoms with Crippen molar-refractivity contribution >= 4 is 22.6 Å². The van der Waals surface area contributed by atoms with Crippen LogP contribution in [0.5, 0.6) is 0 Å². The molecule has 0 radical (unpaired) electrons. The van der Waals surface area contributed by atoms with Crippen molar-refractivity contribution in [3.8, 4) is 11.5 Å². The first-order valence-electron chi connectivity index (χ1n) is 4.83. The number of aromatic nitrogens is 1. The van der Waals surface area contributed by atoms with E-state index in [-0.39, 0.29) is 0 Å². The van der Waals surface area contributed by atoms with Crippen molar-refractivity contribution in [2.24, 2.45) is 0 Å². The van der Waals surface area contributed by atoms with Gasteiger partial charge in [0.2, 0.25) is 5.89 Å². The largest absolute Gasteiger partial charge is 0.444 e. The number of nitrogens with zero attached hydrogens (tertiary/aromatic N) is 1. The summed E-state index contributed by atoms with van der Waals surface area (Å²) in [5.41, 5.74) is 3.27. The van der Waals surface area contributed by atoms with E-state index in [0.717, 1.165) is 11.3 Å². The van der Waals surface area contributed by atoms with Crippen LogP contribution < -0.4 is 0 Å². The third-order valence-electron chi connectivity index (χ3n) is 2.23. The Labute approximate surface area is 103 Å². The highest BCUT2D eigenvalue weighted by Gasteiger charge is 2.09. The van der Waals surface area contributed by atoms with Crippen LogP contribution in [0.3, 0.4) is 0 Å². The molecule has 3 heteroatoms. The molecule has 78 valence electrons. The predicted octanol–water partition coefficient (Wildman–Crippen LogP) is 4.15. The van der Waals surface area contributed by atoms with E-state index < -0.39 is 0 Å². The lowest BCUT2D eigenvalue weighted by Gasteiger charge is -1.96. The summed E-state index contributed by atoms with van der Waals surface area (Å²) in [4.78, 5) is 4.44. The highest BCUT2D eigenvalue weighted by atomic mass is 127. The molecule has 0 saturated carbocycles. The molecule has 0 N–H and O–H groups in total. The first kappa shape index (κ1) is 10.7. The minimum absolute atomic E-state index is 0.380. The van der Waals surface area contributed by atoms with Gasteiger partial charge >= 0.3 is 0 Å². The van der Waals surface area contributed by atoms with Gasteiger partial charge in [-0.05, 0) is 26.0 Å². The quantitative estimate of drug-likeness (QED) is 0.615. The molecule has 0 spiro atoms. The number of oxazole rings is 1. The van der Waals surface area contributed by atoms with Crippen LogP contribution in [0, 0.1) is 6.92 Å². The van der Waals surface area contributed by atoms with Crippen LogP contribution in [-0.2, 0) is 0 Å². The van der Waals surface area contributed by atoms with Gasteiger partial charge in [-0.25, -0.2) is 4.98 Å². The third kappa shape index (κ3) is 2.40. The van der Waals surface area contributed by atoms with Crippen LogP contribution >= 0.6 is 22.6 Å². The molecular weight excluding hydrogens is 301 g/mol. The van der Waals surface area contributed by atoms with Crippen LogP contribution in [0.1, 0.15) is 22.1 Å². The number of alkyl halides is 1. The summed E-state index contributed by atoms with van der Waals surface area (Å²) in [6, 6.07) is 8.19. The van der Waals surface area contributed by atoms with Crippen molar-refractivity contribution in [1.29, 1.82) is 0 Å². The highest BCUT2D eigenvalue weighted by molar-refractivity contribution is 14.1. The number of hydrogen-bond acceptors (Lipinski definition) is 2. The fourth-order valence-electron chi connectivity index (χ4n) is 1.30. The lowest BCUT2D eigenvalue weighted by molar-refractivity contribution is 0.573. The van der Waals surface area contributed by atoms with Gasteiger partial charge in [0.05, 0.1) is 9.62 Å². The maximum atomic E-state index is 5.44. The summed E-state index contributed by atoms with van der Waals surface area (Å²) in [5.74, 6) is 0.702. The molecule has 2 nitrogen and oxygen atoms in total. The Hall–Kier alpha value is -0.840. The molecule has 1 atom stereocenters. The molecule has 2 aromatic rings. The second-order valence-corrected chi connectivity index (χ2v) is 5.43. The summed E-state index contributed by atoms with van der Waals surface area (Å²) >= 11 is 2.32. The summed E-state index contributed by atoms with van der Waals surface area (Å²) < 4.78 is 5.82. The van der Waals surface area contributed by atoms with E-state index in [1.54, 1.807) is 6.26 Å². The van der Waals surface area contributed by atoms with E-state index in [4.69, 9.17) is 4.42 Å². The minimum atomic E-state index is 0.380. The van der Waals surface area contributed by atoms with Crippen molar-refractivity contribution in [2.75, 3.05) is 0 Å². The van der Waals surface area contributed by atoms with Gasteiger partial charge in [0.25, 0.3) is 0 Å². The van der Waals surface area contributed by atoms with Crippen molar-refractivity contribution in [1.82, 2.24) is 4.98 Å². The van der Waals surface area contributed by atoms with Gasteiger partial charge in [0.1, 0.15) is 6.26 Å². The van der Waals surface area contributed by atoms with Gasteiger partial charge in [-0.1, -0.05) is 40.3 Å². The fraction of sp³-hybridized carbons (Fsp3) is 0.250. The van der Waals surface area contributed by atoms with Crippen LogP contribution in [-0.4, -0.2) is 4.98 Å². The van der Waals surface area contributed by atoms with Crippen LogP contribution in [0.4, 0.5) is 0 Å². The zero-order valence-electron chi connectivity index (χ0n) is 8.70. The number of aryl methyl sites for hydroxylation is 1. The molecule has 1 aromatic carbocycles. The molecule has 0 bridgehead atoms. The Morgan fingerprint density at radius 2 is 1.93 bits per heavy atom. The zero-order valence-corrected chi connectivity index (χ0v) is 10.9. The smallest absolute Gasteiger partial charge is 0.226 e. The van der Waals surface area contributed by atoms with E-state index in [1.165, 1.54) is 5.56 Å². The monoisotopic (exact) mass is 313 g/mol. The van der Waals surface area contributed by atoms with Gasteiger partial charge in [-0.15, -0.1) is 0 Å². The van der Waals surface area contributed by atoms with E-state index in [9.17, 15) is 0 Å². The topological polar surface area (TPSA) is 26.0 Å². The normalized spacial score (nSPS) is 12.7. The van der Waals surface area contributed by atoms with Crippen molar-refractivity contribution in [3.05, 3.63) is 41.8 Å². The predicted molar refractivity (Wildman–Crippen MR) is 69.1 cm³/mol. The summed E-state index contributed by atoms with van der Waals surface area (Å²) in [7, 11) is 0. The van der Waals surface area contributed by atoms with Crippen molar-refractivity contribution < 1.29 is 4.42 Å². The molecule has 1 unspecified atom stereocenters. The molecule has 0 fully saturated rings. The van der Waals surface area contributed by atoms with Crippen molar-refractivity contribution in [2.45, 2.75) is 17.8 Å². The molecule has 15 heavy (non-hydrogen) atoms. The standard InChI is InChI=1S/C12H12INO/c1-8-3-5-10(6-4-8)12-14-11(7-15-12)9(2)13/h3-7,9H,1-2H3. The molecular formula is C12H12INO. The van der Waals surface area contributed by atoms with E-state index in [2.05, 4.69) is 53.6 Å². The zero-order chi connectivity index (χ0) is 10.8. The summed E-state index contributed by atoms with van der Waals surface area (Å²) in [6.45, 7) is 4.16. The third-order valence-corrected chi connectivity index (χ3v) is 2.87. The number of halogens is 1. The first-order chi connectivity index (χ1) is 7.16. The average Bonchev–Trinajstić information content (AvgIpc) is 2.68. The second-order valence-electron chi connectivity index (χ2n) is 3.56. The summed E-state index contributed by atoms with van der Waals surface area (Å²) in [5, 5.41) is 0. The number of benzene rings is 1. The van der Waals surface area contributed by atoms with Crippen LogP contribution in [0.2, 0.25) is 0 Å². The Bertz CT molecular complexity index is 445. The van der Waals surface area contributed by atoms with Gasteiger partial charge < -0.3 is 4.42 Å². The fourth-order valence-corrected chi connectivity index (χ4v) is 1.58. The Morgan fingerprint density at radius 3 is 2.47 bits per heavy atom.